The Hall–Kier alpha value is -2.59. The van der Waals surface area contributed by atoms with Crippen LogP contribution in [0.5, 0.6) is 5.75 Å². The van der Waals surface area contributed by atoms with Crippen molar-refractivity contribution in [2.45, 2.75) is 46.1 Å². The molecule has 0 unspecified atom stereocenters. The Bertz CT molecular complexity index is 933. The fourth-order valence-electron chi connectivity index (χ4n) is 3.17. The molecule has 0 fully saturated rings. The maximum Gasteiger partial charge on any atom is 0.197 e. The fraction of sp³-hybridized carbons (Fsp3) is 0.375. The van der Waals surface area contributed by atoms with Crippen molar-refractivity contribution in [1.82, 2.24) is 5.32 Å². The maximum absolute atomic E-state index is 13.1. The number of para-hydroxylation sites is 1. The minimum absolute atomic E-state index is 0.0114. The number of carbonyl (C=O) groups is 1. The van der Waals surface area contributed by atoms with Crippen molar-refractivity contribution in [3.05, 3.63) is 65.4 Å². The lowest BCUT2D eigenvalue weighted by Crippen LogP contribution is -2.36. The lowest BCUT2D eigenvalue weighted by molar-refractivity contribution is 0.103. The highest BCUT2D eigenvalue weighted by Crippen LogP contribution is 2.29. The number of carbonyl (C=O) groups excluding carboxylic acids is 1. The smallest absolute Gasteiger partial charge is 0.197 e. The summed E-state index contributed by atoms with van der Waals surface area (Å²) in [6, 6.07) is 15.1. The summed E-state index contributed by atoms with van der Waals surface area (Å²) in [4.78, 5) is 13.1. The second kappa shape index (κ2) is 8.61. The van der Waals surface area contributed by atoms with E-state index in [-0.39, 0.29) is 11.3 Å². The standard InChI is InChI=1S/C24H29NO3/c1-5-20-22(19-9-6-7-10-21(19)28-20)23(26)17-11-13-18(14-12-17)27-16-8-15-25-24(2,3)4/h6-7,9-14,25H,5,8,15-16H2,1-4H3. The van der Waals surface area contributed by atoms with Gasteiger partial charge in [-0.05, 0) is 64.1 Å². The molecule has 28 heavy (non-hydrogen) atoms. The molecule has 0 amide bonds. The summed E-state index contributed by atoms with van der Waals surface area (Å²) in [5.74, 6) is 1.50. The molecule has 3 aromatic rings. The molecule has 1 aromatic heterocycles. The molecule has 0 spiro atoms. The zero-order chi connectivity index (χ0) is 20.1. The van der Waals surface area contributed by atoms with Crippen molar-refractivity contribution < 1.29 is 13.9 Å². The third-order valence-electron chi connectivity index (χ3n) is 4.58. The van der Waals surface area contributed by atoms with Gasteiger partial charge in [0.25, 0.3) is 0 Å². The van der Waals surface area contributed by atoms with Gasteiger partial charge in [-0.1, -0.05) is 25.1 Å². The Morgan fingerprint density at radius 3 is 2.46 bits per heavy atom. The highest BCUT2D eigenvalue weighted by molar-refractivity contribution is 6.16. The molecule has 1 heterocycles. The van der Waals surface area contributed by atoms with Crippen molar-refractivity contribution in [3.8, 4) is 5.75 Å². The van der Waals surface area contributed by atoms with Crippen LogP contribution in [0.3, 0.4) is 0 Å². The first-order valence-corrected chi connectivity index (χ1v) is 9.92. The van der Waals surface area contributed by atoms with Crippen molar-refractivity contribution in [2.75, 3.05) is 13.2 Å². The molecule has 0 aliphatic heterocycles. The summed E-state index contributed by atoms with van der Waals surface area (Å²) in [5.41, 5.74) is 2.19. The molecule has 0 atom stereocenters. The summed E-state index contributed by atoms with van der Waals surface area (Å²) >= 11 is 0. The molecule has 4 nitrogen and oxygen atoms in total. The molecule has 0 radical (unpaired) electrons. The average Bonchev–Trinajstić information content (AvgIpc) is 3.05. The number of furan rings is 1. The maximum atomic E-state index is 13.1. The Morgan fingerprint density at radius 2 is 1.79 bits per heavy atom. The number of benzene rings is 2. The first-order chi connectivity index (χ1) is 13.4. The Labute approximate surface area is 166 Å². The molecule has 0 saturated carbocycles. The number of aryl methyl sites for hydroxylation is 1. The molecule has 0 saturated heterocycles. The molecule has 0 aliphatic carbocycles. The van der Waals surface area contributed by atoms with Gasteiger partial charge in [0.05, 0.1) is 12.2 Å². The minimum Gasteiger partial charge on any atom is -0.494 e. The number of nitrogens with one attached hydrogen (secondary N) is 1. The van der Waals surface area contributed by atoms with Crippen molar-refractivity contribution in [2.24, 2.45) is 0 Å². The van der Waals surface area contributed by atoms with Crippen molar-refractivity contribution in [1.29, 1.82) is 0 Å². The summed E-state index contributed by atoms with van der Waals surface area (Å²) in [6.45, 7) is 10.0. The van der Waals surface area contributed by atoms with Crippen LogP contribution in [-0.2, 0) is 6.42 Å². The minimum atomic E-state index is -0.0114. The highest BCUT2D eigenvalue weighted by atomic mass is 16.5. The van der Waals surface area contributed by atoms with Crippen LogP contribution < -0.4 is 10.1 Å². The predicted molar refractivity (Wildman–Crippen MR) is 113 cm³/mol. The lowest BCUT2D eigenvalue weighted by atomic mass is 9.99. The van der Waals surface area contributed by atoms with Gasteiger partial charge in [-0.25, -0.2) is 0 Å². The van der Waals surface area contributed by atoms with Crippen molar-refractivity contribution in [3.63, 3.8) is 0 Å². The van der Waals surface area contributed by atoms with Gasteiger partial charge < -0.3 is 14.5 Å². The van der Waals surface area contributed by atoms with Crippen LogP contribution in [0.15, 0.2) is 52.9 Å². The lowest BCUT2D eigenvalue weighted by Gasteiger charge is -2.20. The molecule has 4 heteroatoms. The van der Waals surface area contributed by atoms with E-state index in [0.717, 1.165) is 35.4 Å². The summed E-state index contributed by atoms with van der Waals surface area (Å²) < 4.78 is 11.7. The Morgan fingerprint density at radius 1 is 1.07 bits per heavy atom. The predicted octanol–water partition coefficient (Wildman–Crippen LogP) is 5.38. The van der Waals surface area contributed by atoms with Gasteiger partial charge in [-0.2, -0.15) is 0 Å². The number of rotatable bonds is 8. The third kappa shape index (κ3) is 4.82. The van der Waals surface area contributed by atoms with E-state index in [4.69, 9.17) is 9.15 Å². The van der Waals surface area contributed by atoms with E-state index in [1.165, 1.54) is 0 Å². The first kappa shape index (κ1) is 20.2. The SMILES string of the molecule is CCc1oc2ccccc2c1C(=O)c1ccc(OCCCNC(C)(C)C)cc1. The second-order valence-corrected chi connectivity index (χ2v) is 7.98. The molecule has 1 N–H and O–H groups in total. The van der Waals surface area contributed by atoms with E-state index in [1.54, 1.807) is 0 Å². The number of fused-ring (bicyclic) bond motifs is 1. The van der Waals surface area contributed by atoms with E-state index in [2.05, 4.69) is 26.1 Å². The first-order valence-electron chi connectivity index (χ1n) is 9.92. The van der Waals surface area contributed by atoms with Crippen LogP contribution in [0.1, 0.15) is 55.8 Å². The molecule has 0 aliphatic rings. The van der Waals surface area contributed by atoms with E-state index in [1.807, 2.05) is 55.5 Å². The van der Waals surface area contributed by atoms with Crippen LogP contribution in [0.2, 0.25) is 0 Å². The number of hydrogen-bond donors (Lipinski definition) is 1. The molecule has 3 rings (SSSR count). The zero-order valence-corrected chi connectivity index (χ0v) is 17.2. The number of ketones is 1. The van der Waals surface area contributed by atoms with Gasteiger partial charge in [0.15, 0.2) is 5.78 Å². The van der Waals surface area contributed by atoms with Crippen LogP contribution in [0.25, 0.3) is 11.0 Å². The fourth-order valence-corrected chi connectivity index (χ4v) is 3.17. The van der Waals surface area contributed by atoms with Crippen LogP contribution in [0.4, 0.5) is 0 Å². The van der Waals surface area contributed by atoms with Gasteiger partial charge >= 0.3 is 0 Å². The second-order valence-electron chi connectivity index (χ2n) is 7.98. The highest BCUT2D eigenvalue weighted by Gasteiger charge is 2.20. The largest absolute Gasteiger partial charge is 0.494 e. The summed E-state index contributed by atoms with van der Waals surface area (Å²) in [5, 5.41) is 4.31. The van der Waals surface area contributed by atoms with Crippen LogP contribution in [-0.4, -0.2) is 24.5 Å². The van der Waals surface area contributed by atoms with E-state index < -0.39 is 0 Å². The summed E-state index contributed by atoms with van der Waals surface area (Å²) in [7, 11) is 0. The molecule has 148 valence electrons. The van der Waals surface area contributed by atoms with E-state index in [0.29, 0.717) is 24.2 Å². The van der Waals surface area contributed by atoms with Gasteiger partial charge in [0.1, 0.15) is 17.1 Å². The number of hydrogen-bond acceptors (Lipinski definition) is 4. The van der Waals surface area contributed by atoms with Gasteiger partial charge in [-0.3, -0.25) is 4.79 Å². The van der Waals surface area contributed by atoms with Crippen molar-refractivity contribution >= 4 is 16.8 Å². The molecular weight excluding hydrogens is 350 g/mol. The zero-order valence-electron chi connectivity index (χ0n) is 17.2. The Balaban J connectivity index is 1.66. The molecule has 2 aromatic carbocycles. The van der Waals surface area contributed by atoms with E-state index >= 15 is 0 Å². The normalized spacial score (nSPS) is 11.7. The third-order valence-corrected chi connectivity index (χ3v) is 4.58. The monoisotopic (exact) mass is 379 g/mol. The molecule has 0 bridgehead atoms. The van der Waals surface area contributed by atoms with Gasteiger partial charge in [0, 0.05) is 22.9 Å². The summed E-state index contributed by atoms with van der Waals surface area (Å²) in [6.07, 6.45) is 1.61. The number of ether oxygens (including phenoxy) is 1. The van der Waals surface area contributed by atoms with Crippen LogP contribution >= 0.6 is 0 Å². The van der Waals surface area contributed by atoms with E-state index in [9.17, 15) is 4.79 Å². The van der Waals surface area contributed by atoms with Gasteiger partial charge in [0.2, 0.25) is 0 Å². The topological polar surface area (TPSA) is 51.5 Å². The average molecular weight is 380 g/mol. The quantitative estimate of drug-likeness (QED) is 0.421. The van der Waals surface area contributed by atoms with Crippen LogP contribution in [0, 0.1) is 0 Å². The van der Waals surface area contributed by atoms with Gasteiger partial charge in [-0.15, -0.1) is 0 Å². The molecular formula is C24H29NO3. The Kier molecular flexibility index (Phi) is 6.20.